The number of carbonyl (C=O) groups excluding carboxylic acids is 1. The normalized spacial score (nSPS) is 10.6. The van der Waals surface area contributed by atoms with Gasteiger partial charge in [0.25, 0.3) is 0 Å². The number of hydrogen-bond acceptors (Lipinski definition) is 3. The first-order valence-electron chi connectivity index (χ1n) is 12.1. The number of hydrogen-bond donors (Lipinski definition) is 1. The van der Waals surface area contributed by atoms with Crippen LogP contribution in [-0.4, -0.2) is 23.8 Å². The summed E-state index contributed by atoms with van der Waals surface area (Å²) in [5.41, 5.74) is 7.17. The van der Waals surface area contributed by atoms with Crippen LogP contribution in [0.4, 0.5) is 0 Å². The lowest BCUT2D eigenvalue weighted by Gasteiger charge is -2.16. The van der Waals surface area contributed by atoms with Crippen molar-refractivity contribution in [2.24, 2.45) is 0 Å². The Labute approximate surface area is 225 Å². The van der Waals surface area contributed by atoms with Crippen LogP contribution in [0.1, 0.15) is 86.8 Å². The van der Waals surface area contributed by atoms with E-state index in [1.165, 1.54) is 49.4 Å². The van der Waals surface area contributed by atoms with Crippen LogP contribution >= 0.6 is 31.9 Å². The third-order valence-corrected chi connectivity index (χ3v) is 7.82. The van der Waals surface area contributed by atoms with Crippen molar-refractivity contribution >= 4 is 37.8 Å². The molecule has 0 heterocycles. The average molecular weight is 600 g/mol. The Morgan fingerprint density at radius 2 is 1.18 bits per heavy atom. The third kappa shape index (κ3) is 13.1. The molecule has 0 amide bonds. The second-order valence-corrected chi connectivity index (χ2v) is 10.8. The topological polar surface area (TPSA) is 46.5 Å². The molecule has 2 rings (SSSR count). The molecule has 2 aromatic carbocycles. The first-order chi connectivity index (χ1) is 15.8. The minimum Gasteiger partial charge on any atom is -0.469 e. The molecular weight excluding hydrogens is 556 g/mol. The van der Waals surface area contributed by atoms with Gasteiger partial charge >= 0.3 is 5.97 Å². The molecule has 34 heavy (non-hydrogen) atoms. The molecule has 2 aromatic rings. The highest BCUT2D eigenvalue weighted by Gasteiger charge is 2.12. The highest BCUT2D eigenvalue weighted by molar-refractivity contribution is 9.10. The lowest BCUT2D eigenvalue weighted by Crippen LogP contribution is -2.18. The van der Waals surface area contributed by atoms with E-state index in [2.05, 4.69) is 88.6 Å². The Bertz CT molecular complexity index is 853. The first-order valence-corrected chi connectivity index (χ1v) is 13.7. The summed E-state index contributed by atoms with van der Waals surface area (Å²) in [5.74, 6) is -0.134. The van der Waals surface area contributed by atoms with Crippen LogP contribution in [0.3, 0.4) is 0 Å². The number of aryl methyl sites for hydroxylation is 6. The Morgan fingerprint density at radius 1 is 0.824 bits per heavy atom. The molecule has 0 saturated carbocycles. The summed E-state index contributed by atoms with van der Waals surface area (Å²) < 4.78 is 6.99. The van der Waals surface area contributed by atoms with Crippen LogP contribution in [-0.2, 0) is 22.4 Å². The van der Waals surface area contributed by atoms with E-state index in [0.29, 0.717) is 6.42 Å². The molecule has 0 unspecified atom stereocenters. The summed E-state index contributed by atoms with van der Waals surface area (Å²) >= 11 is 7.11. The number of benzene rings is 2. The van der Waals surface area contributed by atoms with Crippen LogP contribution in [0.2, 0.25) is 0 Å². The standard InChI is InChI=1S/C14H21BrO.C13H17BrO2.C2H6/c1-10-8-12(9-11(2)13(10)15)6-5-7-14(3,4)16;1-9-7-11(8-10(2)13(9)14)5-4-6-12(15)16-3;1-2/h8-9,16H,5-7H2,1-4H3;7-8H,4-6H2,1-3H3;1-2H3. The molecule has 0 fully saturated rings. The summed E-state index contributed by atoms with van der Waals surface area (Å²) in [5, 5.41) is 9.64. The van der Waals surface area contributed by atoms with Crippen LogP contribution in [0.5, 0.6) is 0 Å². The fourth-order valence-corrected chi connectivity index (χ4v) is 4.08. The van der Waals surface area contributed by atoms with E-state index in [1.807, 2.05) is 27.7 Å². The van der Waals surface area contributed by atoms with Crippen molar-refractivity contribution in [3.05, 3.63) is 66.6 Å². The molecule has 0 radical (unpaired) electrons. The van der Waals surface area contributed by atoms with Gasteiger partial charge in [-0.05, 0) is 107 Å². The van der Waals surface area contributed by atoms with E-state index >= 15 is 0 Å². The molecule has 0 aromatic heterocycles. The molecule has 192 valence electrons. The quantitative estimate of drug-likeness (QED) is 0.308. The van der Waals surface area contributed by atoms with Gasteiger partial charge in [-0.2, -0.15) is 0 Å². The third-order valence-electron chi connectivity index (χ3n) is 5.32. The smallest absolute Gasteiger partial charge is 0.305 e. The van der Waals surface area contributed by atoms with Crippen molar-refractivity contribution in [2.75, 3.05) is 7.11 Å². The van der Waals surface area contributed by atoms with Gasteiger partial charge in [-0.1, -0.05) is 70.0 Å². The van der Waals surface area contributed by atoms with Gasteiger partial charge in [0.2, 0.25) is 0 Å². The highest BCUT2D eigenvalue weighted by Crippen LogP contribution is 2.24. The number of halogens is 2. The summed E-state index contributed by atoms with van der Waals surface area (Å²) in [6, 6.07) is 8.77. The van der Waals surface area contributed by atoms with E-state index in [9.17, 15) is 9.90 Å². The van der Waals surface area contributed by atoms with E-state index in [0.717, 1.165) is 32.1 Å². The van der Waals surface area contributed by atoms with Gasteiger partial charge in [0.15, 0.2) is 0 Å². The summed E-state index contributed by atoms with van der Waals surface area (Å²) in [6.45, 7) is 16.1. The van der Waals surface area contributed by atoms with E-state index < -0.39 is 5.60 Å². The van der Waals surface area contributed by atoms with E-state index in [4.69, 9.17) is 0 Å². The number of rotatable bonds is 8. The Morgan fingerprint density at radius 3 is 1.50 bits per heavy atom. The molecule has 0 spiro atoms. The van der Waals surface area contributed by atoms with Crippen LogP contribution in [0.15, 0.2) is 33.2 Å². The van der Waals surface area contributed by atoms with Crippen molar-refractivity contribution < 1.29 is 14.6 Å². The van der Waals surface area contributed by atoms with Crippen LogP contribution < -0.4 is 0 Å². The Hall–Kier alpha value is -1.17. The van der Waals surface area contributed by atoms with Crippen molar-refractivity contribution in [1.29, 1.82) is 0 Å². The van der Waals surface area contributed by atoms with Gasteiger partial charge in [0.05, 0.1) is 12.7 Å². The number of esters is 1. The minimum atomic E-state index is -0.542. The Kier molecular flexibility index (Phi) is 15.9. The van der Waals surface area contributed by atoms with Gasteiger partial charge < -0.3 is 9.84 Å². The molecule has 5 heteroatoms. The fourth-order valence-electron chi connectivity index (χ4n) is 3.62. The van der Waals surface area contributed by atoms with Crippen molar-refractivity contribution in [2.45, 2.75) is 99.5 Å². The number of methoxy groups -OCH3 is 1. The lowest BCUT2D eigenvalue weighted by atomic mass is 9.97. The highest BCUT2D eigenvalue weighted by atomic mass is 79.9. The number of aliphatic hydroxyl groups is 1. The lowest BCUT2D eigenvalue weighted by molar-refractivity contribution is -0.140. The monoisotopic (exact) mass is 598 g/mol. The molecule has 0 aliphatic carbocycles. The van der Waals surface area contributed by atoms with Crippen LogP contribution in [0, 0.1) is 27.7 Å². The van der Waals surface area contributed by atoms with Gasteiger partial charge in [0, 0.05) is 15.4 Å². The first kappa shape index (κ1) is 32.8. The summed E-state index contributed by atoms with van der Waals surface area (Å²) in [6.07, 6.45) is 5.17. The number of carbonyl (C=O) groups is 1. The van der Waals surface area contributed by atoms with Crippen molar-refractivity contribution in [3.63, 3.8) is 0 Å². The van der Waals surface area contributed by atoms with Gasteiger partial charge in [-0.3, -0.25) is 4.79 Å². The molecule has 0 atom stereocenters. The zero-order valence-electron chi connectivity index (χ0n) is 22.6. The van der Waals surface area contributed by atoms with Gasteiger partial charge in [-0.25, -0.2) is 0 Å². The van der Waals surface area contributed by atoms with Gasteiger partial charge in [-0.15, -0.1) is 0 Å². The minimum absolute atomic E-state index is 0.134. The second kappa shape index (κ2) is 16.5. The van der Waals surface area contributed by atoms with Crippen molar-refractivity contribution in [1.82, 2.24) is 0 Å². The Balaban J connectivity index is 0.000000597. The predicted molar refractivity (Wildman–Crippen MR) is 153 cm³/mol. The van der Waals surface area contributed by atoms with Gasteiger partial charge in [0.1, 0.15) is 0 Å². The van der Waals surface area contributed by atoms with Crippen LogP contribution in [0.25, 0.3) is 0 Å². The molecule has 0 saturated heterocycles. The summed E-state index contributed by atoms with van der Waals surface area (Å²) in [7, 11) is 1.43. The molecule has 3 nitrogen and oxygen atoms in total. The fraction of sp³-hybridized carbons (Fsp3) is 0.552. The van der Waals surface area contributed by atoms with Crippen molar-refractivity contribution in [3.8, 4) is 0 Å². The molecule has 0 bridgehead atoms. The zero-order chi connectivity index (χ0) is 26.5. The largest absolute Gasteiger partial charge is 0.469 e. The zero-order valence-corrected chi connectivity index (χ0v) is 25.7. The molecule has 0 aliphatic heterocycles. The second-order valence-electron chi connectivity index (χ2n) is 9.18. The molecule has 1 N–H and O–H groups in total. The average Bonchev–Trinajstić information content (AvgIpc) is 2.76. The maximum absolute atomic E-state index is 11.0. The maximum atomic E-state index is 11.0. The SMILES string of the molecule is CC.COC(=O)CCCc1cc(C)c(Br)c(C)c1.Cc1cc(CCCC(C)(C)O)cc(C)c1Br. The molecular formula is C29H44Br2O3. The number of ether oxygens (including phenoxy) is 1. The summed E-state index contributed by atoms with van der Waals surface area (Å²) in [4.78, 5) is 11.0. The van der Waals surface area contributed by atoms with E-state index in [1.54, 1.807) is 0 Å². The van der Waals surface area contributed by atoms with E-state index in [-0.39, 0.29) is 5.97 Å². The maximum Gasteiger partial charge on any atom is 0.305 e. The molecule has 0 aliphatic rings. The predicted octanol–water partition coefficient (Wildman–Crippen LogP) is 8.75.